The van der Waals surface area contributed by atoms with Crippen LogP contribution in [0.4, 0.5) is 5.69 Å². The van der Waals surface area contributed by atoms with E-state index in [1.54, 1.807) is 32.0 Å². The summed E-state index contributed by atoms with van der Waals surface area (Å²) in [4.78, 5) is 22.3. The molecule has 0 fully saturated rings. The van der Waals surface area contributed by atoms with Crippen LogP contribution < -0.4 is 5.32 Å². The summed E-state index contributed by atoms with van der Waals surface area (Å²) < 4.78 is 4.71. The summed E-state index contributed by atoms with van der Waals surface area (Å²) in [6, 6.07) is 5.22. The van der Waals surface area contributed by atoms with E-state index in [0.717, 1.165) is 5.56 Å². The molecule has 0 aromatic heterocycles. The highest BCUT2D eigenvalue weighted by Crippen LogP contribution is 2.22. The molecular formula is C12H14ClNO3. The summed E-state index contributed by atoms with van der Waals surface area (Å²) in [6.45, 7) is 3.19. The van der Waals surface area contributed by atoms with Crippen LogP contribution in [-0.2, 0) is 14.3 Å². The van der Waals surface area contributed by atoms with Gasteiger partial charge < -0.3 is 10.1 Å². The lowest BCUT2D eigenvalue weighted by Gasteiger charge is -2.09. The molecule has 0 heterocycles. The lowest BCUT2D eigenvalue weighted by Crippen LogP contribution is -2.20. The number of amides is 1. The van der Waals surface area contributed by atoms with Gasteiger partial charge in [-0.3, -0.25) is 9.59 Å². The molecule has 5 heteroatoms. The number of rotatable bonds is 4. The van der Waals surface area contributed by atoms with Gasteiger partial charge >= 0.3 is 5.97 Å². The summed E-state index contributed by atoms with van der Waals surface area (Å²) in [7, 11) is 0. The molecule has 0 saturated heterocycles. The molecular weight excluding hydrogens is 242 g/mol. The van der Waals surface area contributed by atoms with Gasteiger partial charge in [-0.05, 0) is 24.6 Å². The standard InChI is InChI=1S/C12H14ClNO3/c1-3-12(16)17-7-11(15)14-10-6-4-5-9(13)8(10)2/h4-6H,3,7H2,1-2H3,(H,14,15). The second-order valence-electron chi connectivity index (χ2n) is 3.47. The van der Waals surface area contributed by atoms with Crippen molar-refractivity contribution in [2.45, 2.75) is 20.3 Å². The Balaban J connectivity index is 2.56. The highest BCUT2D eigenvalue weighted by atomic mass is 35.5. The van der Waals surface area contributed by atoms with Crippen LogP contribution in [0.2, 0.25) is 5.02 Å². The molecule has 0 aliphatic carbocycles. The predicted molar refractivity (Wildman–Crippen MR) is 66.1 cm³/mol. The molecule has 1 aromatic carbocycles. The molecule has 0 bridgehead atoms. The van der Waals surface area contributed by atoms with E-state index in [9.17, 15) is 9.59 Å². The average molecular weight is 256 g/mol. The average Bonchev–Trinajstić information content (AvgIpc) is 2.32. The molecule has 0 radical (unpaired) electrons. The van der Waals surface area contributed by atoms with Crippen LogP contribution in [0.15, 0.2) is 18.2 Å². The number of anilines is 1. The van der Waals surface area contributed by atoms with Crippen molar-refractivity contribution in [3.05, 3.63) is 28.8 Å². The number of hydrogen-bond donors (Lipinski definition) is 1. The zero-order valence-electron chi connectivity index (χ0n) is 9.75. The quantitative estimate of drug-likeness (QED) is 0.842. The third kappa shape index (κ3) is 4.07. The number of carbonyl (C=O) groups excluding carboxylic acids is 2. The molecule has 0 spiro atoms. The number of carbonyl (C=O) groups is 2. The van der Waals surface area contributed by atoms with Crippen LogP contribution in [0.1, 0.15) is 18.9 Å². The Morgan fingerprint density at radius 1 is 1.41 bits per heavy atom. The van der Waals surface area contributed by atoms with Crippen molar-refractivity contribution < 1.29 is 14.3 Å². The van der Waals surface area contributed by atoms with Crippen LogP contribution in [-0.4, -0.2) is 18.5 Å². The minimum absolute atomic E-state index is 0.253. The second-order valence-corrected chi connectivity index (χ2v) is 3.88. The molecule has 4 nitrogen and oxygen atoms in total. The first-order valence-electron chi connectivity index (χ1n) is 5.25. The first-order chi connectivity index (χ1) is 8.04. The molecule has 92 valence electrons. The highest BCUT2D eigenvalue weighted by molar-refractivity contribution is 6.31. The van der Waals surface area contributed by atoms with Gasteiger partial charge in [-0.2, -0.15) is 0 Å². The molecule has 1 N–H and O–H groups in total. The van der Waals surface area contributed by atoms with E-state index < -0.39 is 5.97 Å². The topological polar surface area (TPSA) is 55.4 Å². The van der Waals surface area contributed by atoms with E-state index in [0.29, 0.717) is 10.7 Å². The lowest BCUT2D eigenvalue weighted by molar-refractivity contribution is -0.146. The fourth-order valence-electron chi connectivity index (χ4n) is 1.18. The van der Waals surface area contributed by atoms with Crippen molar-refractivity contribution in [2.75, 3.05) is 11.9 Å². The maximum Gasteiger partial charge on any atom is 0.306 e. The molecule has 0 atom stereocenters. The fourth-order valence-corrected chi connectivity index (χ4v) is 1.35. The Hall–Kier alpha value is -1.55. The Kier molecular flexibility index (Phi) is 4.97. The van der Waals surface area contributed by atoms with Gasteiger partial charge in [0.15, 0.2) is 6.61 Å². The maximum absolute atomic E-state index is 11.5. The van der Waals surface area contributed by atoms with Gasteiger partial charge in [0.25, 0.3) is 5.91 Å². The highest BCUT2D eigenvalue weighted by Gasteiger charge is 2.08. The molecule has 0 aliphatic heterocycles. The van der Waals surface area contributed by atoms with Gasteiger partial charge in [0.05, 0.1) is 0 Å². The van der Waals surface area contributed by atoms with Gasteiger partial charge in [-0.1, -0.05) is 24.6 Å². The van der Waals surface area contributed by atoms with Crippen LogP contribution >= 0.6 is 11.6 Å². The molecule has 1 aromatic rings. The molecule has 17 heavy (non-hydrogen) atoms. The van der Waals surface area contributed by atoms with Gasteiger partial charge in [-0.15, -0.1) is 0 Å². The van der Waals surface area contributed by atoms with Crippen molar-refractivity contribution in [3.8, 4) is 0 Å². The molecule has 1 amide bonds. The zero-order chi connectivity index (χ0) is 12.8. The van der Waals surface area contributed by atoms with Gasteiger partial charge in [0.2, 0.25) is 0 Å². The number of ether oxygens (including phenoxy) is 1. The van der Waals surface area contributed by atoms with Gasteiger partial charge in [-0.25, -0.2) is 0 Å². The minimum Gasteiger partial charge on any atom is -0.456 e. The predicted octanol–water partition coefficient (Wildman–Crippen LogP) is 2.54. The van der Waals surface area contributed by atoms with E-state index >= 15 is 0 Å². The summed E-state index contributed by atoms with van der Waals surface area (Å²) in [5.41, 5.74) is 1.40. The lowest BCUT2D eigenvalue weighted by atomic mass is 10.2. The third-order valence-electron chi connectivity index (χ3n) is 2.19. The third-order valence-corrected chi connectivity index (χ3v) is 2.60. The van der Waals surface area contributed by atoms with Crippen molar-refractivity contribution in [1.82, 2.24) is 0 Å². The van der Waals surface area contributed by atoms with E-state index in [2.05, 4.69) is 5.32 Å². The minimum atomic E-state index is -0.400. The van der Waals surface area contributed by atoms with Crippen LogP contribution in [0.5, 0.6) is 0 Å². The number of benzene rings is 1. The number of halogens is 1. The van der Waals surface area contributed by atoms with E-state index in [1.165, 1.54) is 0 Å². The molecule has 0 saturated carbocycles. The van der Waals surface area contributed by atoms with Crippen molar-refractivity contribution in [3.63, 3.8) is 0 Å². The number of esters is 1. The normalized spacial score (nSPS) is 9.82. The summed E-state index contributed by atoms with van der Waals surface area (Å²) >= 11 is 5.91. The molecule has 0 unspecified atom stereocenters. The largest absolute Gasteiger partial charge is 0.456 e. The van der Waals surface area contributed by atoms with E-state index in [-0.39, 0.29) is 18.9 Å². The molecule has 1 rings (SSSR count). The first kappa shape index (κ1) is 13.5. The van der Waals surface area contributed by atoms with Gasteiger partial charge in [0, 0.05) is 17.1 Å². The smallest absolute Gasteiger partial charge is 0.306 e. The summed E-state index contributed by atoms with van der Waals surface area (Å²) in [6.07, 6.45) is 0.253. The Morgan fingerprint density at radius 2 is 2.12 bits per heavy atom. The summed E-state index contributed by atoms with van der Waals surface area (Å²) in [5, 5.41) is 3.21. The summed E-state index contributed by atoms with van der Waals surface area (Å²) in [5.74, 6) is -0.778. The Morgan fingerprint density at radius 3 is 2.76 bits per heavy atom. The number of nitrogens with one attached hydrogen (secondary N) is 1. The Bertz CT molecular complexity index is 432. The fraction of sp³-hybridized carbons (Fsp3) is 0.333. The van der Waals surface area contributed by atoms with Crippen LogP contribution in [0.25, 0.3) is 0 Å². The van der Waals surface area contributed by atoms with E-state index in [4.69, 9.17) is 16.3 Å². The maximum atomic E-state index is 11.5. The van der Waals surface area contributed by atoms with Crippen molar-refractivity contribution >= 4 is 29.2 Å². The number of hydrogen-bond acceptors (Lipinski definition) is 3. The van der Waals surface area contributed by atoms with Crippen molar-refractivity contribution in [2.24, 2.45) is 0 Å². The first-order valence-corrected chi connectivity index (χ1v) is 5.63. The monoisotopic (exact) mass is 255 g/mol. The Labute approximate surface area is 105 Å². The molecule has 0 aliphatic rings. The SMILES string of the molecule is CCC(=O)OCC(=O)Nc1cccc(Cl)c1C. The van der Waals surface area contributed by atoms with Gasteiger partial charge in [0.1, 0.15) is 0 Å². The van der Waals surface area contributed by atoms with Crippen molar-refractivity contribution in [1.29, 1.82) is 0 Å². The second kappa shape index (κ2) is 6.25. The van der Waals surface area contributed by atoms with Crippen LogP contribution in [0.3, 0.4) is 0 Å². The zero-order valence-corrected chi connectivity index (χ0v) is 10.5. The van der Waals surface area contributed by atoms with Crippen LogP contribution in [0, 0.1) is 6.92 Å². The van der Waals surface area contributed by atoms with E-state index in [1.807, 2.05) is 0 Å².